The third-order valence-electron chi connectivity index (χ3n) is 5.77. The summed E-state index contributed by atoms with van der Waals surface area (Å²) in [6.45, 7) is 5.93. The van der Waals surface area contributed by atoms with Crippen molar-refractivity contribution in [3.8, 4) is 5.75 Å². The summed E-state index contributed by atoms with van der Waals surface area (Å²) < 4.78 is 0. The van der Waals surface area contributed by atoms with E-state index in [2.05, 4.69) is 46.0 Å². The van der Waals surface area contributed by atoms with Gasteiger partial charge in [-0.25, -0.2) is 0 Å². The number of rotatable bonds is 4. The molecule has 144 valence electrons. The predicted molar refractivity (Wildman–Crippen MR) is 108 cm³/mol. The number of β-amino-alcohol motifs (C(OH)–C–C–N with tert-alkyl or cyclic N) is 1. The molecule has 5 nitrogen and oxygen atoms in total. The van der Waals surface area contributed by atoms with Gasteiger partial charge in [0.25, 0.3) is 0 Å². The van der Waals surface area contributed by atoms with Crippen molar-refractivity contribution in [2.45, 2.75) is 25.6 Å². The van der Waals surface area contributed by atoms with Gasteiger partial charge in [0.1, 0.15) is 5.75 Å². The molecule has 4 rings (SSSR count). The number of phenols is 1. The molecule has 1 atom stereocenters. The SMILES string of the molecule is CN1CCN(C[C@H](O)CN2CCc3ccccc3C2)Cc2ccc(O)cc21. The van der Waals surface area contributed by atoms with Gasteiger partial charge in [0.15, 0.2) is 0 Å². The molecule has 0 aromatic heterocycles. The largest absolute Gasteiger partial charge is 0.508 e. The number of phenolic OH excluding ortho intramolecular Hbond substituents is 1. The number of hydrogen-bond donors (Lipinski definition) is 2. The maximum Gasteiger partial charge on any atom is 0.117 e. The molecule has 0 saturated heterocycles. The molecule has 0 amide bonds. The Morgan fingerprint density at radius 2 is 1.59 bits per heavy atom. The Bertz CT molecular complexity index is 795. The molecule has 27 heavy (non-hydrogen) atoms. The molecule has 2 aromatic rings. The molecule has 0 spiro atoms. The minimum Gasteiger partial charge on any atom is -0.508 e. The van der Waals surface area contributed by atoms with Gasteiger partial charge in [-0.3, -0.25) is 9.80 Å². The lowest BCUT2D eigenvalue weighted by atomic mass is 10.00. The zero-order valence-corrected chi connectivity index (χ0v) is 16.0. The fourth-order valence-electron chi connectivity index (χ4n) is 4.29. The summed E-state index contributed by atoms with van der Waals surface area (Å²) in [6, 6.07) is 14.2. The van der Waals surface area contributed by atoms with Crippen LogP contribution in [-0.4, -0.2) is 65.9 Å². The molecule has 2 heterocycles. The van der Waals surface area contributed by atoms with Gasteiger partial charge < -0.3 is 15.1 Å². The quantitative estimate of drug-likeness (QED) is 0.866. The maximum absolute atomic E-state index is 10.7. The lowest BCUT2D eigenvalue weighted by Gasteiger charge is -2.32. The second-order valence-electron chi connectivity index (χ2n) is 7.88. The van der Waals surface area contributed by atoms with Crippen LogP contribution in [0, 0.1) is 0 Å². The lowest BCUT2D eigenvalue weighted by molar-refractivity contribution is 0.0682. The minimum absolute atomic E-state index is 0.305. The first kappa shape index (κ1) is 18.3. The van der Waals surface area contributed by atoms with Crippen molar-refractivity contribution >= 4 is 5.69 Å². The van der Waals surface area contributed by atoms with E-state index >= 15 is 0 Å². The first-order valence-electron chi connectivity index (χ1n) is 9.81. The summed E-state index contributed by atoms with van der Waals surface area (Å²) in [5, 5.41) is 20.5. The number of aliphatic hydroxyl groups is 1. The fourth-order valence-corrected chi connectivity index (χ4v) is 4.29. The van der Waals surface area contributed by atoms with Crippen molar-refractivity contribution in [2.75, 3.05) is 44.7 Å². The summed E-state index contributed by atoms with van der Waals surface area (Å²) in [4.78, 5) is 6.87. The van der Waals surface area contributed by atoms with Crippen molar-refractivity contribution in [1.29, 1.82) is 0 Å². The van der Waals surface area contributed by atoms with Crippen LogP contribution in [-0.2, 0) is 19.5 Å². The molecule has 0 saturated carbocycles. The van der Waals surface area contributed by atoms with Gasteiger partial charge in [0, 0.05) is 64.6 Å². The van der Waals surface area contributed by atoms with Crippen LogP contribution in [0.3, 0.4) is 0 Å². The van der Waals surface area contributed by atoms with E-state index in [0.29, 0.717) is 18.8 Å². The third kappa shape index (κ3) is 4.26. The molecular formula is C22H29N3O2. The molecule has 5 heteroatoms. The monoisotopic (exact) mass is 367 g/mol. The zero-order valence-electron chi connectivity index (χ0n) is 16.0. The lowest BCUT2D eigenvalue weighted by Crippen LogP contribution is -2.42. The fraction of sp³-hybridized carbons (Fsp3) is 0.455. The molecule has 2 aliphatic rings. The summed E-state index contributed by atoms with van der Waals surface area (Å²) in [7, 11) is 2.06. The Labute approximate surface area is 161 Å². The molecule has 0 fully saturated rings. The molecule has 0 unspecified atom stereocenters. The van der Waals surface area contributed by atoms with Gasteiger partial charge in [0.05, 0.1) is 6.10 Å². The van der Waals surface area contributed by atoms with Gasteiger partial charge in [-0.05, 0) is 29.2 Å². The van der Waals surface area contributed by atoms with Crippen LogP contribution < -0.4 is 4.90 Å². The summed E-state index contributed by atoms with van der Waals surface area (Å²) in [5.41, 5.74) is 5.12. The van der Waals surface area contributed by atoms with Crippen molar-refractivity contribution < 1.29 is 10.2 Å². The Hall–Kier alpha value is -2.08. The zero-order chi connectivity index (χ0) is 18.8. The highest BCUT2D eigenvalue weighted by atomic mass is 16.3. The van der Waals surface area contributed by atoms with Crippen LogP contribution in [0.2, 0.25) is 0 Å². The van der Waals surface area contributed by atoms with E-state index in [1.165, 1.54) is 16.7 Å². The number of nitrogens with zero attached hydrogens (tertiary/aromatic N) is 3. The van der Waals surface area contributed by atoms with Gasteiger partial charge in [-0.1, -0.05) is 30.3 Å². The van der Waals surface area contributed by atoms with Gasteiger partial charge >= 0.3 is 0 Å². The summed E-state index contributed by atoms with van der Waals surface area (Å²) in [5.74, 6) is 0.305. The first-order chi connectivity index (χ1) is 13.1. The molecule has 0 radical (unpaired) electrons. The van der Waals surface area contributed by atoms with Crippen LogP contribution in [0.4, 0.5) is 5.69 Å². The Balaban J connectivity index is 1.36. The van der Waals surface area contributed by atoms with Gasteiger partial charge in [-0.15, -0.1) is 0 Å². The molecule has 2 N–H and O–H groups in total. The van der Waals surface area contributed by atoms with Gasteiger partial charge in [0.2, 0.25) is 0 Å². The average Bonchev–Trinajstić information content (AvgIpc) is 2.81. The summed E-state index contributed by atoms with van der Waals surface area (Å²) >= 11 is 0. The number of fused-ring (bicyclic) bond motifs is 2. The predicted octanol–water partition coefficient (Wildman–Crippen LogP) is 2.06. The number of aliphatic hydroxyl groups excluding tert-OH is 1. The van der Waals surface area contributed by atoms with Crippen LogP contribution in [0.1, 0.15) is 16.7 Å². The highest BCUT2D eigenvalue weighted by Crippen LogP contribution is 2.28. The number of hydrogen-bond acceptors (Lipinski definition) is 5. The van der Waals surface area contributed by atoms with Gasteiger partial charge in [-0.2, -0.15) is 0 Å². The minimum atomic E-state index is -0.362. The maximum atomic E-state index is 10.7. The second-order valence-corrected chi connectivity index (χ2v) is 7.88. The van der Waals surface area contributed by atoms with Crippen molar-refractivity contribution in [3.05, 3.63) is 59.2 Å². The summed E-state index contributed by atoms with van der Waals surface area (Å²) in [6.07, 6.45) is 0.702. The van der Waals surface area contributed by atoms with E-state index < -0.39 is 0 Å². The van der Waals surface area contributed by atoms with E-state index in [9.17, 15) is 10.2 Å². The Kier molecular flexibility index (Phi) is 5.34. The third-order valence-corrected chi connectivity index (χ3v) is 5.77. The van der Waals surface area contributed by atoms with Crippen molar-refractivity contribution in [2.24, 2.45) is 0 Å². The molecule has 2 aliphatic heterocycles. The van der Waals surface area contributed by atoms with Crippen molar-refractivity contribution in [3.63, 3.8) is 0 Å². The number of likely N-dealkylation sites (N-methyl/N-ethyl adjacent to an activating group) is 1. The topological polar surface area (TPSA) is 50.2 Å². The van der Waals surface area contributed by atoms with Crippen molar-refractivity contribution in [1.82, 2.24) is 9.80 Å². The average molecular weight is 367 g/mol. The highest BCUT2D eigenvalue weighted by Gasteiger charge is 2.23. The van der Waals surface area contributed by atoms with E-state index in [1.54, 1.807) is 6.07 Å². The van der Waals surface area contributed by atoms with E-state index in [1.807, 2.05) is 12.1 Å². The molecule has 0 bridgehead atoms. The highest BCUT2D eigenvalue weighted by molar-refractivity contribution is 5.57. The molecular weight excluding hydrogens is 338 g/mol. The Morgan fingerprint density at radius 3 is 2.41 bits per heavy atom. The van der Waals surface area contributed by atoms with Crippen LogP contribution in [0.25, 0.3) is 0 Å². The standard InChI is InChI=1S/C22H29N3O2/c1-23-10-11-25(14-19-6-7-20(26)12-22(19)23)16-21(27)15-24-9-8-17-4-2-3-5-18(17)13-24/h2-7,12,21,26-27H,8-11,13-16H2,1H3/t21-/m1/s1. The normalized spacial score (nSPS) is 19.3. The second kappa shape index (κ2) is 7.89. The van der Waals surface area contributed by atoms with Crippen LogP contribution in [0.15, 0.2) is 42.5 Å². The molecule has 2 aromatic carbocycles. The number of benzene rings is 2. The van der Waals surface area contributed by atoms with Crippen LogP contribution in [0.5, 0.6) is 5.75 Å². The molecule has 0 aliphatic carbocycles. The Morgan fingerprint density at radius 1 is 0.889 bits per heavy atom. The van der Waals surface area contributed by atoms with E-state index in [-0.39, 0.29) is 6.10 Å². The van der Waals surface area contributed by atoms with Crippen LogP contribution >= 0.6 is 0 Å². The van der Waals surface area contributed by atoms with E-state index in [0.717, 1.165) is 44.8 Å². The number of aromatic hydroxyl groups is 1. The number of anilines is 1. The first-order valence-corrected chi connectivity index (χ1v) is 9.81. The smallest absolute Gasteiger partial charge is 0.117 e. The van der Waals surface area contributed by atoms with E-state index in [4.69, 9.17) is 0 Å².